The SMILES string of the molecule is COc1cc(OCCCNCC(C)C)cc(OC)c1OC. The first kappa shape index (κ1) is 17.4. The maximum absolute atomic E-state index is 5.74. The first-order chi connectivity index (χ1) is 10.1. The smallest absolute Gasteiger partial charge is 0.203 e. The standard InChI is InChI=1S/C16H27NO4/c1-12(2)11-17-7-6-8-21-13-9-14(18-3)16(20-5)15(10-13)19-4/h9-10,12,17H,6-8,11H2,1-5H3. The number of methoxy groups -OCH3 is 3. The van der Waals surface area contributed by atoms with Crippen LogP contribution in [0, 0.1) is 5.92 Å². The fourth-order valence-corrected chi connectivity index (χ4v) is 1.92. The zero-order chi connectivity index (χ0) is 15.7. The predicted molar refractivity (Wildman–Crippen MR) is 83.9 cm³/mol. The van der Waals surface area contributed by atoms with Gasteiger partial charge < -0.3 is 24.3 Å². The Balaban J connectivity index is 2.51. The van der Waals surface area contributed by atoms with Gasteiger partial charge in [0.25, 0.3) is 0 Å². The Morgan fingerprint density at radius 3 is 2.10 bits per heavy atom. The van der Waals surface area contributed by atoms with Crippen molar-refractivity contribution in [2.45, 2.75) is 20.3 Å². The monoisotopic (exact) mass is 297 g/mol. The van der Waals surface area contributed by atoms with Crippen LogP contribution in [0.1, 0.15) is 20.3 Å². The van der Waals surface area contributed by atoms with Crippen LogP contribution in [0.25, 0.3) is 0 Å². The Labute approximate surface area is 127 Å². The molecule has 1 aromatic rings. The molecule has 0 saturated carbocycles. The number of rotatable bonds is 10. The van der Waals surface area contributed by atoms with Crippen LogP contribution in [0.2, 0.25) is 0 Å². The van der Waals surface area contributed by atoms with Crippen LogP contribution in [0.3, 0.4) is 0 Å². The summed E-state index contributed by atoms with van der Waals surface area (Å²) in [6.07, 6.45) is 0.948. The minimum Gasteiger partial charge on any atom is -0.493 e. The molecule has 1 N–H and O–H groups in total. The van der Waals surface area contributed by atoms with Crippen molar-refractivity contribution in [2.24, 2.45) is 5.92 Å². The summed E-state index contributed by atoms with van der Waals surface area (Å²) in [6, 6.07) is 3.62. The molecule has 0 aliphatic rings. The van der Waals surface area contributed by atoms with Gasteiger partial charge in [-0.25, -0.2) is 0 Å². The van der Waals surface area contributed by atoms with E-state index in [0.29, 0.717) is 35.5 Å². The van der Waals surface area contributed by atoms with Gasteiger partial charge in [0.2, 0.25) is 5.75 Å². The van der Waals surface area contributed by atoms with Gasteiger partial charge in [0.1, 0.15) is 5.75 Å². The van der Waals surface area contributed by atoms with Gasteiger partial charge in [0.15, 0.2) is 11.5 Å². The normalized spacial score (nSPS) is 10.6. The van der Waals surface area contributed by atoms with Crippen molar-refractivity contribution in [3.63, 3.8) is 0 Å². The Bertz CT molecular complexity index is 396. The van der Waals surface area contributed by atoms with Gasteiger partial charge >= 0.3 is 0 Å². The molecule has 0 heterocycles. The molecule has 21 heavy (non-hydrogen) atoms. The van der Waals surface area contributed by atoms with Crippen molar-refractivity contribution in [1.29, 1.82) is 0 Å². The molecular formula is C16H27NO4. The number of hydrogen-bond donors (Lipinski definition) is 1. The zero-order valence-electron chi connectivity index (χ0n) is 13.7. The van der Waals surface area contributed by atoms with E-state index in [-0.39, 0.29) is 0 Å². The van der Waals surface area contributed by atoms with Crippen molar-refractivity contribution in [3.05, 3.63) is 12.1 Å². The molecule has 0 amide bonds. The maximum atomic E-state index is 5.74. The topological polar surface area (TPSA) is 49.0 Å². The highest BCUT2D eigenvalue weighted by atomic mass is 16.5. The summed E-state index contributed by atoms with van der Waals surface area (Å²) >= 11 is 0. The first-order valence-corrected chi connectivity index (χ1v) is 7.25. The van der Waals surface area contributed by atoms with Gasteiger partial charge in [-0.05, 0) is 25.4 Å². The van der Waals surface area contributed by atoms with E-state index in [4.69, 9.17) is 18.9 Å². The lowest BCUT2D eigenvalue weighted by Crippen LogP contribution is -2.22. The van der Waals surface area contributed by atoms with E-state index in [1.807, 2.05) is 12.1 Å². The summed E-state index contributed by atoms with van der Waals surface area (Å²) in [6.45, 7) is 7.01. The van der Waals surface area contributed by atoms with E-state index in [1.54, 1.807) is 21.3 Å². The molecule has 0 fully saturated rings. The fourth-order valence-electron chi connectivity index (χ4n) is 1.92. The van der Waals surface area contributed by atoms with Crippen molar-refractivity contribution < 1.29 is 18.9 Å². The van der Waals surface area contributed by atoms with E-state index in [9.17, 15) is 0 Å². The molecule has 1 rings (SSSR count). The average molecular weight is 297 g/mol. The summed E-state index contributed by atoms with van der Waals surface area (Å²) in [5.41, 5.74) is 0. The van der Waals surface area contributed by atoms with Crippen molar-refractivity contribution >= 4 is 0 Å². The first-order valence-electron chi connectivity index (χ1n) is 7.25. The van der Waals surface area contributed by atoms with E-state index in [0.717, 1.165) is 19.5 Å². The van der Waals surface area contributed by atoms with Crippen molar-refractivity contribution in [3.8, 4) is 23.0 Å². The summed E-state index contributed by atoms with van der Waals surface area (Å²) in [5, 5.41) is 3.39. The molecular weight excluding hydrogens is 270 g/mol. The molecule has 0 spiro atoms. The molecule has 0 aromatic heterocycles. The molecule has 0 atom stereocenters. The third-order valence-corrected chi connectivity index (χ3v) is 2.96. The summed E-state index contributed by atoms with van der Waals surface area (Å²) in [7, 11) is 4.77. The van der Waals surface area contributed by atoms with Crippen LogP contribution in [-0.2, 0) is 0 Å². The lowest BCUT2D eigenvalue weighted by atomic mass is 10.2. The van der Waals surface area contributed by atoms with Gasteiger partial charge in [0, 0.05) is 12.1 Å². The summed E-state index contributed by atoms with van der Waals surface area (Å²) < 4.78 is 21.6. The second-order valence-corrected chi connectivity index (χ2v) is 5.16. The van der Waals surface area contributed by atoms with E-state index >= 15 is 0 Å². The quantitative estimate of drug-likeness (QED) is 0.673. The van der Waals surface area contributed by atoms with Gasteiger partial charge in [-0.2, -0.15) is 0 Å². The average Bonchev–Trinajstić information content (AvgIpc) is 2.49. The number of benzene rings is 1. The third-order valence-electron chi connectivity index (χ3n) is 2.96. The minimum absolute atomic E-state index is 0.575. The Hall–Kier alpha value is -1.62. The summed E-state index contributed by atoms with van der Waals surface area (Å²) in [4.78, 5) is 0. The van der Waals surface area contributed by atoms with Gasteiger partial charge in [0.05, 0.1) is 27.9 Å². The van der Waals surface area contributed by atoms with Gasteiger partial charge in [-0.15, -0.1) is 0 Å². The highest BCUT2D eigenvalue weighted by Gasteiger charge is 2.13. The molecule has 0 bridgehead atoms. The molecule has 0 aliphatic heterocycles. The van der Waals surface area contributed by atoms with Crippen LogP contribution < -0.4 is 24.3 Å². The Morgan fingerprint density at radius 1 is 1.00 bits per heavy atom. The van der Waals surface area contributed by atoms with E-state index in [1.165, 1.54) is 0 Å². The largest absolute Gasteiger partial charge is 0.493 e. The van der Waals surface area contributed by atoms with Gasteiger partial charge in [-0.3, -0.25) is 0 Å². The molecule has 5 heteroatoms. The van der Waals surface area contributed by atoms with Crippen molar-refractivity contribution in [1.82, 2.24) is 5.32 Å². The lowest BCUT2D eigenvalue weighted by molar-refractivity contribution is 0.293. The number of nitrogens with one attached hydrogen (secondary N) is 1. The summed E-state index contributed by atoms with van der Waals surface area (Å²) in [5.74, 6) is 3.16. The highest BCUT2D eigenvalue weighted by molar-refractivity contribution is 5.55. The lowest BCUT2D eigenvalue weighted by Gasteiger charge is -2.14. The van der Waals surface area contributed by atoms with Crippen LogP contribution in [-0.4, -0.2) is 41.0 Å². The highest BCUT2D eigenvalue weighted by Crippen LogP contribution is 2.40. The molecule has 1 aromatic carbocycles. The third kappa shape index (κ3) is 5.71. The number of hydrogen-bond acceptors (Lipinski definition) is 5. The second kappa shape index (κ2) is 9.34. The van der Waals surface area contributed by atoms with Crippen LogP contribution >= 0.6 is 0 Å². The van der Waals surface area contributed by atoms with E-state index in [2.05, 4.69) is 19.2 Å². The zero-order valence-corrected chi connectivity index (χ0v) is 13.7. The van der Waals surface area contributed by atoms with Gasteiger partial charge in [-0.1, -0.05) is 13.8 Å². The van der Waals surface area contributed by atoms with Crippen LogP contribution in [0.5, 0.6) is 23.0 Å². The molecule has 0 aliphatic carbocycles. The van der Waals surface area contributed by atoms with Crippen LogP contribution in [0.15, 0.2) is 12.1 Å². The molecule has 0 saturated heterocycles. The molecule has 5 nitrogen and oxygen atoms in total. The minimum atomic E-state index is 0.575. The Kier molecular flexibility index (Phi) is 7.75. The predicted octanol–water partition coefficient (Wildman–Crippen LogP) is 2.73. The molecule has 0 radical (unpaired) electrons. The fraction of sp³-hybridized carbons (Fsp3) is 0.625. The second-order valence-electron chi connectivity index (χ2n) is 5.16. The van der Waals surface area contributed by atoms with Crippen LogP contribution in [0.4, 0.5) is 0 Å². The maximum Gasteiger partial charge on any atom is 0.203 e. The number of ether oxygens (including phenoxy) is 4. The molecule has 0 unspecified atom stereocenters. The van der Waals surface area contributed by atoms with Crippen molar-refractivity contribution in [2.75, 3.05) is 41.0 Å². The Morgan fingerprint density at radius 2 is 1.62 bits per heavy atom. The molecule has 120 valence electrons. The van der Waals surface area contributed by atoms with E-state index < -0.39 is 0 Å².